The van der Waals surface area contributed by atoms with Crippen molar-refractivity contribution >= 4 is 23.4 Å². The van der Waals surface area contributed by atoms with Crippen LogP contribution >= 0.6 is 11.8 Å². The molecule has 1 aromatic heterocycles. The second-order valence-corrected chi connectivity index (χ2v) is 8.34. The minimum atomic E-state index is 0.197. The minimum Gasteiger partial charge on any atom is -0.453 e. The van der Waals surface area contributed by atoms with E-state index in [1.165, 1.54) is 0 Å². The predicted molar refractivity (Wildman–Crippen MR) is 135 cm³/mol. The van der Waals surface area contributed by atoms with Gasteiger partial charge in [0.1, 0.15) is 11.6 Å². The van der Waals surface area contributed by atoms with Gasteiger partial charge in [0, 0.05) is 22.0 Å². The van der Waals surface area contributed by atoms with Gasteiger partial charge in [-0.2, -0.15) is 0 Å². The van der Waals surface area contributed by atoms with Crippen molar-refractivity contribution in [2.24, 2.45) is 4.99 Å². The highest BCUT2D eigenvalue weighted by Gasteiger charge is 2.12. The van der Waals surface area contributed by atoms with E-state index in [0.29, 0.717) is 11.6 Å². The van der Waals surface area contributed by atoms with Gasteiger partial charge < -0.3 is 10.1 Å². The third-order valence-electron chi connectivity index (χ3n) is 4.31. The van der Waals surface area contributed by atoms with Gasteiger partial charge in [0.15, 0.2) is 11.6 Å². The van der Waals surface area contributed by atoms with Gasteiger partial charge in [-0.25, -0.2) is 9.98 Å². The number of benzene rings is 1. The first-order valence-electron chi connectivity index (χ1n) is 10.3. The molecule has 1 heterocycles. The molecule has 1 aromatic carbocycles. The average Bonchev–Trinajstić information content (AvgIpc) is 2.76. The van der Waals surface area contributed by atoms with Crippen molar-refractivity contribution in [2.75, 3.05) is 0 Å². The van der Waals surface area contributed by atoms with E-state index >= 15 is 0 Å². The molecule has 2 aromatic rings. The second-order valence-electron chi connectivity index (χ2n) is 6.92. The molecule has 0 aliphatic heterocycles. The summed E-state index contributed by atoms with van der Waals surface area (Å²) in [7, 11) is 0. The Hall–Kier alpha value is -3.05. The second kappa shape index (κ2) is 12.6. The lowest BCUT2D eigenvalue weighted by Gasteiger charge is -2.14. The summed E-state index contributed by atoms with van der Waals surface area (Å²) < 4.78 is 6.13. The smallest absolute Gasteiger partial charge is 0.197 e. The number of pyridine rings is 1. The molecule has 31 heavy (non-hydrogen) atoms. The van der Waals surface area contributed by atoms with Crippen molar-refractivity contribution in [1.29, 1.82) is 0 Å². The van der Waals surface area contributed by atoms with Crippen molar-refractivity contribution < 1.29 is 4.74 Å². The molecule has 0 radical (unpaired) electrons. The van der Waals surface area contributed by atoms with E-state index in [2.05, 4.69) is 28.8 Å². The fraction of sp³-hybridized carbons (Fsp3) is 0.231. The summed E-state index contributed by atoms with van der Waals surface area (Å²) in [5, 5.41) is 3.44. The first-order chi connectivity index (χ1) is 14.9. The van der Waals surface area contributed by atoms with Crippen LogP contribution in [0.15, 0.2) is 101 Å². The summed E-state index contributed by atoms with van der Waals surface area (Å²) in [5.74, 6) is 2.63. The Kier molecular flexibility index (Phi) is 9.85. The van der Waals surface area contributed by atoms with Crippen LogP contribution in [0.2, 0.25) is 0 Å². The molecule has 2 rings (SSSR count). The highest BCUT2D eigenvalue weighted by atomic mass is 32.2. The summed E-state index contributed by atoms with van der Waals surface area (Å²) in [4.78, 5) is 10.2. The zero-order valence-electron chi connectivity index (χ0n) is 18.9. The quantitative estimate of drug-likeness (QED) is 0.191. The molecule has 4 nitrogen and oxygen atoms in total. The first-order valence-corrected chi connectivity index (χ1v) is 11.1. The molecule has 0 aliphatic carbocycles. The van der Waals surface area contributed by atoms with Crippen LogP contribution in [0.25, 0.3) is 0 Å². The molecular formula is C26H31N3OS. The Labute approximate surface area is 190 Å². The van der Waals surface area contributed by atoms with E-state index in [4.69, 9.17) is 4.74 Å². The van der Waals surface area contributed by atoms with E-state index in [0.717, 1.165) is 27.8 Å². The maximum atomic E-state index is 6.13. The molecule has 1 N–H and O–H groups in total. The Bertz CT molecular complexity index is 991. The van der Waals surface area contributed by atoms with Crippen LogP contribution in [-0.2, 0) is 0 Å². The molecule has 0 spiro atoms. The largest absolute Gasteiger partial charge is 0.453 e. The van der Waals surface area contributed by atoms with Crippen LogP contribution < -0.4 is 10.1 Å². The molecule has 162 valence electrons. The van der Waals surface area contributed by atoms with Crippen molar-refractivity contribution in [3.8, 4) is 11.5 Å². The minimum absolute atomic E-state index is 0.197. The van der Waals surface area contributed by atoms with E-state index in [1.807, 2.05) is 101 Å². The van der Waals surface area contributed by atoms with Gasteiger partial charge in [0.25, 0.3) is 0 Å². The highest BCUT2D eigenvalue weighted by Crippen LogP contribution is 2.36. The molecule has 0 amide bonds. The number of allylic oxidation sites excluding steroid dienone is 6. The number of aliphatic imine (C=N–C) groups is 1. The fourth-order valence-electron chi connectivity index (χ4n) is 2.51. The number of nitrogens with zero attached hydrogens (tertiary/aromatic N) is 2. The van der Waals surface area contributed by atoms with E-state index in [9.17, 15) is 0 Å². The van der Waals surface area contributed by atoms with Gasteiger partial charge in [-0.3, -0.25) is 0 Å². The predicted octanol–water partition coefficient (Wildman–Crippen LogP) is 7.61. The lowest BCUT2D eigenvalue weighted by Crippen LogP contribution is -2.17. The van der Waals surface area contributed by atoms with Crippen LogP contribution in [0.3, 0.4) is 0 Å². The summed E-state index contributed by atoms with van der Waals surface area (Å²) in [6, 6.07) is 11.7. The third kappa shape index (κ3) is 8.30. The SMILES string of the molecule is C=C(/C=C\C=C/C)C(C)Sc1cnc(/N=C(\C)N/C(C)=C\C)c(Oc2ccccc2)c1. The van der Waals surface area contributed by atoms with Gasteiger partial charge >= 0.3 is 0 Å². The Morgan fingerprint density at radius 1 is 1.19 bits per heavy atom. The van der Waals surface area contributed by atoms with Gasteiger partial charge in [-0.15, -0.1) is 11.8 Å². The number of ether oxygens (including phenoxy) is 1. The Balaban J connectivity index is 2.30. The molecule has 0 saturated carbocycles. The van der Waals surface area contributed by atoms with Crippen LogP contribution in [0, 0.1) is 0 Å². The fourth-order valence-corrected chi connectivity index (χ4v) is 3.44. The molecule has 1 unspecified atom stereocenters. The molecule has 0 saturated heterocycles. The number of hydrogen-bond acceptors (Lipinski definition) is 4. The van der Waals surface area contributed by atoms with Crippen LogP contribution in [0.4, 0.5) is 5.82 Å². The van der Waals surface area contributed by atoms with Gasteiger partial charge in [0.2, 0.25) is 0 Å². The number of aromatic nitrogens is 1. The monoisotopic (exact) mass is 433 g/mol. The summed E-state index contributed by atoms with van der Waals surface area (Å²) in [6.45, 7) is 14.2. The highest BCUT2D eigenvalue weighted by molar-refractivity contribution is 8.00. The maximum Gasteiger partial charge on any atom is 0.197 e. The molecule has 0 fully saturated rings. The normalized spacial score (nSPS) is 13.6. The zero-order chi connectivity index (χ0) is 22.6. The van der Waals surface area contributed by atoms with Crippen LogP contribution in [-0.4, -0.2) is 16.1 Å². The van der Waals surface area contributed by atoms with Crippen LogP contribution in [0.1, 0.15) is 34.6 Å². The lowest BCUT2D eigenvalue weighted by atomic mass is 10.2. The summed E-state index contributed by atoms with van der Waals surface area (Å²) in [5.41, 5.74) is 2.06. The number of nitrogens with one attached hydrogen (secondary N) is 1. The first kappa shape index (κ1) is 24.2. The van der Waals surface area contributed by atoms with Crippen molar-refractivity contribution in [3.63, 3.8) is 0 Å². The summed E-state index contributed by atoms with van der Waals surface area (Å²) >= 11 is 1.69. The summed E-state index contributed by atoms with van der Waals surface area (Å²) in [6.07, 6.45) is 11.8. The van der Waals surface area contributed by atoms with E-state index in [1.54, 1.807) is 11.8 Å². The molecular weight excluding hydrogens is 402 g/mol. The lowest BCUT2D eigenvalue weighted by molar-refractivity contribution is 0.480. The van der Waals surface area contributed by atoms with Gasteiger partial charge in [-0.1, -0.05) is 55.2 Å². The van der Waals surface area contributed by atoms with Crippen LogP contribution in [0.5, 0.6) is 11.5 Å². The molecule has 5 heteroatoms. The van der Waals surface area contributed by atoms with E-state index < -0.39 is 0 Å². The number of rotatable bonds is 9. The van der Waals surface area contributed by atoms with Gasteiger partial charge in [0.05, 0.1) is 0 Å². The Morgan fingerprint density at radius 3 is 2.61 bits per heavy atom. The number of hydrogen-bond donors (Lipinski definition) is 1. The standard InChI is InChI=1S/C26H31N3OS/c1-7-9-11-14-19(3)21(5)31-24-17-25(30-23-15-12-10-13-16-23)26(27-18-24)29-22(6)28-20(4)8-2/h7-18,21H,3H2,1-2,4-6H3,(H,27,28,29)/b9-7-,14-11-,20-8-. The maximum absolute atomic E-state index is 6.13. The zero-order valence-corrected chi connectivity index (χ0v) is 19.7. The van der Waals surface area contributed by atoms with E-state index in [-0.39, 0.29) is 5.25 Å². The van der Waals surface area contributed by atoms with Crippen molar-refractivity contribution in [3.05, 3.63) is 90.8 Å². The van der Waals surface area contributed by atoms with Crippen molar-refractivity contribution in [2.45, 2.75) is 44.8 Å². The number of amidine groups is 1. The number of para-hydroxylation sites is 1. The van der Waals surface area contributed by atoms with Gasteiger partial charge in [-0.05, 0) is 58.4 Å². The molecule has 1 atom stereocenters. The topological polar surface area (TPSA) is 46.5 Å². The average molecular weight is 434 g/mol. The Morgan fingerprint density at radius 2 is 1.94 bits per heavy atom. The molecule has 0 bridgehead atoms. The van der Waals surface area contributed by atoms with Crippen molar-refractivity contribution in [1.82, 2.24) is 10.3 Å². The third-order valence-corrected chi connectivity index (χ3v) is 5.46. The number of thioether (sulfide) groups is 1. The molecule has 0 aliphatic rings.